The Bertz CT molecular complexity index is 1110. The molecule has 4 rings (SSSR count). The van der Waals surface area contributed by atoms with Crippen LogP contribution in [-0.4, -0.2) is 51.3 Å². The molecular weight excluding hydrogens is 452 g/mol. The number of benzene rings is 2. The summed E-state index contributed by atoms with van der Waals surface area (Å²) in [6, 6.07) is 15.8. The summed E-state index contributed by atoms with van der Waals surface area (Å²) in [6.07, 6.45) is 2.13. The Morgan fingerprint density at radius 2 is 1.69 bits per heavy atom. The van der Waals surface area contributed by atoms with Gasteiger partial charge in [0, 0.05) is 53.3 Å². The lowest BCUT2D eigenvalue weighted by molar-refractivity contribution is -0.164. The topological polar surface area (TPSA) is 86.6 Å². The highest BCUT2D eigenvalue weighted by molar-refractivity contribution is 5.95. The summed E-state index contributed by atoms with van der Waals surface area (Å²) in [5.41, 5.74) is 1.71. The number of hydrogen-bond acceptors (Lipinski definition) is 6. The lowest BCUT2D eigenvalue weighted by Gasteiger charge is -2.63. The first kappa shape index (κ1) is 25.8. The molecule has 0 spiro atoms. The lowest BCUT2D eigenvalue weighted by Crippen LogP contribution is -2.74. The van der Waals surface area contributed by atoms with Gasteiger partial charge >= 0.3 is 0 Å². The molecule has 1 aliphatic heterocycles. The maximum Gasteiger partial charge on any atom is 0.251 e. The van der Waals surface area contributed by atoms with Crippen LogP contribution < -0.4 is 25.0 Å². The highest BCUT2D eigenvalue weighted by Gasteiger charge is 2.64. The fourth-order valence-electron chi connectivity index (χ4n) is 6.24. The van der Waals surface area contributed by atoms with Crippen LogP contribution in [0.25, 0.3) is 0 Å². The summed E-state index contributed by atoms with van der Waals surface area (Å²) >= 11 is 0. The molecule has 0 aromatic heterocycles. The summed E-state index contributed by atoms with van der Waals surface area (Å²) < 4.78 is 11.7. The smallest absolute Gasteiger partial charge is 0.251 e. The van der Waals surface area contributed by atoms with E-state index in [1.54, 1.807) is 25.3 Å². The third-order valence-electron chi connectivity index (χ3n) is 8.06. The van der Waals surface area contributed by atoms with E-state index in [2.05, 4.69) is 61.4 Å². The van der Waals surface area contributed by atoms with Gasteiger partial charge in [0.05, 0.1) is 12.7 Å². The number of nitrogens with one attached hydrogen (secondary N) is 2. The van der Waals surface area contributed by atoms with Gasteiger partial charge in [0.15, 0.2) is 0 Å². The third kappa shape index (κ3) is 4.75. The van der Waals surface area contributed by atoms with E-state index in [1.165, 1.54) is 0 Å². The van der Waals surface area contributed by atoms with Gasteiger partial charge < -0.3 is 25.0 Å². The molecule has 1 amide bonds. The van der Waals surface area contributed by atoms with Gasteiger partial charge in [0.2, 0.25) is 0 Å². The van der Waals surface area contributed by atoms with Gasteiger partial charge in [-0.25, -0.2) is 0 Å². The van der Waals surface area contributed by atoms with Gasteiger partial charge in [0.1, 0.15) is 23.7 Å². The number of hydrogen-bond donors (Lipinski definition) is 2. The molecule has 7 heteroatoms. The predicted molar refractivity (Wildman–Crippen MR) is 142 cm³/mol. The minimum absolute atomic E-state index is 0.0666. The molecule has 2 N–H and O–H groups in total. The molecule has 0 atom stereocenters. The van der Waals surface area contributed by atoms with Crippen LogP contribution in [0.4, 0.5) is 5.69 Å². The van der Waals surface area contributed by atoms with Crippen molar-refractivity contribution in [2.45, 2.75) is 58.7 Å². The zero-order chi connectivity index (χ0) is 26.1. The van der Waals surface area contributed by atoms with E-state index in [9.17, 15) is 10.1 Å². The predicted octanol–water partition coefficient (Wildman–Crippen LogP) is 4.37. The molecular formula is C29H38N4O3. The Labute approximate surface area is 214 Å². The zero-order valence-corrected chi connectivity index (χ0v) is 22.2. The number of anilines is 1. The van der Waals surface area contributed by atoms with Gasteiger partial charge in [-0.1, -0.05) is 27.7 Å². The minimum atomic E-state index is -0.294. The molecule has 2 aliphatic rings. The molecule has 1 heterocycles. The van der Waals surface area contributed by atoms with Crippen molar-refractivity contribution in [3.05, 3.63) is 53.6 Å². The number of rotatable bonds is 7. The van der Waals surface area contributed by atoms with Crippen LogP contribution in [0.3, 0.4) is 0 Å². The van der Waals surface area contributed by atoms with Crippen LogP contribution in [0.1, 0.15) is 56.5 Å². The van der Waals surface area contributed by atoms with Crippen molar-refractivity contribution in [2.75, 3.05) is 32.1 Å². The maximum atomic E-state index is 13.2. The standard InChI is InChI=1S/C29H38N4O3/c1-28(2)26(29(3,4)27(28)36-23-12-9-20(18-30)24(17-23)35-6)32-25(34)19-7-10-22(11-8-19)33-15-13-21(31-5)14-16-33/h7-12,17,21,26-27,31H,13-16H2,1-6H3,(H,32,34). The molecule has 0 unspecified atom stereocenters. The Balaban J connectivity index is 1.41. The zero-order valence-electron chi connectivity index (χ0n) is 22.2. The third-order valence-corrected chi connectivity index (χ3v) is 8.06. The number of carbonyl (C=O) groups excluding carboxylic acids is 1. The second-order valence-corrected chi connectivity index (χ2v) is 11.1. The molecule has 7 nitrogen and oxygen atoms in total. The maximum absolute atomic E-state index is 13.2. The van der Waals surface area contributed by atoms with Crippen LogP contribution in [0.15, 0.2) is 42.5 Å². The van der Waals surface area contributed by atoms with Crippen LogP contribution in [0.2, 0.25) is 0 Å². The summed E-state index contributed by atoms with van der Waals surface area (Å²) in [4.78, 5) is 15.6. The van der Waals surface area contributed by atoms with Crippen molar-refractivity contribution in [1.29, 1.82) is 5.26 Å². The average Bonchev–Trinajstić information content (AvgIpc) is 2.89. The van der Waals surface area contributed by atoms with Crippen LogP contribution in [0.5, 0.6) is 11.5 Å². The van der Waals surface area contributed by atoms with E-state index < -0.39 is 0 Å². The highest BCUT2D eigenvalue weighted by atomic mass is 16.5. The number of nitriles is 1. The molecule has 192 valence electrons. The van der Waals surface area contributed by atoms with Crippen LogP contribution in [-0.2, 0) is 0 Å². The average molecular weight is 491 g/mol. The number of ether oxygens (including phenoxy) is 2. The molecule has 1 aliphatic carbocycles. The fourth-order valence-corrected chi connectivity index (χ4v) is 6.24. The van der Waals surface area contributed by atoms with Crippen molar-refractivity contribution in [3.63, 3.8) is 0 Å². The first-order chi connectivity index (χ1) is 17.1. The van der Waals surface area contributed by atoms with E-state index in [-0.39, 0.29) is 28.9 Å². The Morgan fingerprint density at radius 3 is 2.25 bits per heavy atom. The van der Waals surface area contributed by atoms with Gasteiger partial charge in [-0.2, -0.15) is 5.26 Å². The van der Waals surface area contributed by atoms with Crippen molar-refractivity contribution < 1.29 is 14.3 Å². The molecule has 1 saturated heterocycles. The minimum Gasteiger partial charge on any atom is -0.495 e. The molecule has 36 heavy (non-hydrogen) atoms. The second-order valence-electron chi connectivity index (χ2n) is 11.1. The summed E-state index contributed by atoms with van der Waals surface area (Å²) in [6.45, 7) is 10.5. The number of amides is 1. The number of nitrogens with zero attached hydrogens (tertiary/aromatic N) is 2. The van der Waals surface area contributed by atoms with Crippen LogP contribution >= 0.6 is 0 Å². The number of piperidine rings is 1. The highest BCUT2D eigenvalue weighted by Crippen LogP contribution is 2.55. The van der Waals surface area contributed by atoms with E-state index in [1.807, 2.05) is 19.2 Å². The van der Waals surface area contributed by atoms with Crippen molar-refractivity contribution in [3.8, 4) is 17.6 Å². The summed E-state index contributed by atoms with van der Waals surface area (Å²) in [5, 5.41) is 15.9. The first-order valence-corrected chi connectivity index (χ1v) is 12.7. The molecule has 0 radical (unpaired) electrons. The van der Waals surface area contributed by atoms with Crippen LogP contribution in [0, 0.1) is 22.2 Å². The summed E-state index contributed by atoms with van der Waals surface area (Å²) in [5.74, 6) is 1.07. The van der Waals surface area contributed by atoms with E-state index in [0.717, 1.165) is 31.6 Å². The molecule has 2 fully saturated rings. The number of methoxy groups -OCH3 is 1. The molecule has 1 saturated carbocycles. The quantitative estimate of drug-likeness (QED) is 0.600. The van der Waals surface area contributed by atoms with Crippen molar-refractivity contribution in [2.24, 2.45) is 10.8 Å². The molecule has 2 aromatic carbocycles. The number of carbonyl (C=O) groups is 1. The van der Waals surface area contributed by atoms with Gasteiger partial charge in [0.25, 0.3) is 5.91 Å². The molecule has 2 aromatic rings. The van der Waals surface area contributed by atoms with Crippen molar-refractivity contribution in [1.82, 2.24) is 10.6 Å². The monoisotopic (exact) mass is 490 g/mol. The van der Waals surface area contributed by atoms with E-state index in [4.69, 9.17) is 9.47 Å². The largest absolute Gasteiger partial charge is 0.495 e. The Hall–Kier alpha value is -3.24. The Morgan fingerprint density at radius 1 is 1.06 bits per heavy atom. The van der Waals surface area contributed by atoms with E-state index >= 15 is 0 Å². The van der Waals surface area contributed by atoms with Gasteiger partial charge in [-0.15, -0.1) is 0 Å². The van der Waals surface area contributed by atoms with E-state index in [0.29, 0.717) is 28.7 Å². The normalized spacial score (nSPS) is 22.8. The summed E-state index contributed by atoms with van der Waals surface area (Å²) in [7, 11) is 3.57. The first-order valence-electron chi connectivity index (χ1n) is 12.7. The fraction of sp³-hybridized carbons (Fsp3) is 0.517. The molecule has 0 bridgehead atoms. The SMILES string of the molecule is CNC1CCN(c2ccc(C(=O)NC3C(C)(C)C(Oc4ccc(C#N)c(OC)c4)C3(C)C)cc2)CC1. The second kappa shape index (κ2) is 10.0. The lowest BCUT2D eigenvalue weighted by atomic mass is 9.49. The van der Waals surface area contributed by atoms with Gasteiger partial charge in [-0.05, 0) is 56.3 Å². The van der Waals surface area contributed by atoms with Gasteiger partial charge in [-0.3, -0.25) is 4.79 Å². The Kier molecular flexibility index (Phi) is 7.19. The van der Waals surface area contributed by atoms with Crippen molar-refractivity contribution >= 4 is 11.6 Å².